The van der Waals surface area contributed by atoms with Gasteiger partial charge in [0.15, 0.2) is 0 Å². The predicted octanol–water partition coefficient (Wildman–Crippen LogP) is 3.08. The highest BCUT2D eigenvalue weighted by molar-refractivity contribution is 4.98. The highest BCUT2D eigenvalue weighted by Crippen LogP contribution is 2.57. The van der Waals surface area contributed by atoms with Gasteiger partial charge in [-0.25, -0.2) is 0 Å². The summed E-state index contributed by atoms with van der Waals surface area (Å²) in [4.78, 5) is 0. The minimum atomic E-state index is 0.717. The molecule has 3 atom stereocenters. The van der Waals surface area contributed by atoms with Crippen LogP contribution in [-0.4, -0.2) is 0 Å². The Morgan fingerprint density at radius 1 is 1.67 bits per heavy atom. The largest absolute Gasteiger partial charge is 0.0651 e. The summed E-state index contributed by atoms with van der Waals surface area (Å²) in [7, 11) is 0. The van der Waals surface area contributed by atoms with Crippen molar-refractivity contribution in [2.75, 3.05) is 0 Å². The zero-order valence-electron chi connectivity index (χ0n) is 7.07. The molecular formula is C9H18. The number of hydrogen-bond donors (Lipinski definition) is 0. The van der Waals surface area contributed by atoms with E-state index in [1.54, 1.807) is 0 Å². The molecule has 1 fully saturated rings. The molecule has 0 amide bonds. The van der Waals surface area contributed by atoms with Crippen LogP contribution in [0.15, 0.2) is 0 Å². The van der Waals surface area contributed by atoms with Crippen LogP contribution >= 0.6 is 0 Å². The molecule has 0 aromatic heterocycles. The quantitative estimate of drug-likeness (QED) is 0.533. The van der Waals surface area contributed by atoms with Crippen LogP contribution in [0, 0.1) is 17.3 Å². The maximum atomic E-state index is 2.42. The van der Waals surface area contributed by atoms with Crippen molar-refractivity contribution in [1.82, 2.24) is 0 Å². The fourth-order valence-electron chi connectivity index (χ4n) is 1.75. The van der Waals surface area contributed by atoms with E-state index in [1.165, 1.54) is 12.8 Å². The molecule has 0 radical (unpaired) electrons. The Labute approximate surface area is 58.7 Å². The maximum absolute atomic E-state index is 2.42. The van der Waals surface area contributed by atoms with Gasteiger partial charge in [0.05, 0.1) is 0 Å². The van der Waals surface area contributed by atoms with E-state index in [-0.39, 0.29) is 0 Å². The lowest BCUT2D eigenvalue weighted by Gasteiger charge is -2.17. The maximum Gasteiger partial charge on any atom is -0.0272 e. The van der Waals surface area contributed by atoms with Crippen molar-refractivity contribution < 1.29 is 0 Å². The van der Waals surface area contributed by atoms with Gasteiger partial charge in [0.25, 0.3) is 0 Å². The van der Waals surface area contributed by atoms with Gasteiger partial charge in [-0.2, -0.15) is 0 Å². The molecule has 0 bridgehead atoms. The van der Waals surface area contributed by atoms with E-state index in [9.17, 15) is 0 Å². The second-order valence-electron chi connectivity index (χ2n) is 3.92. The molecule has 0 heteroatoms. The van der Waals surface area contributed by atoms with Gasteiger partial charge in [0.2, 0.25) is 0 Å². The lowest BCUT2D eigenvalue weighted by Crippen LogP contribution is -2.08. The SMILES string of the molecule is CCC(C)C1(C)CC1C. The summed E-state index contributed by atoms with van der Waals surface area (Å²) in [5.74, 6) is 1.93. The molecule has 0 spiro atoms. The van der Waals surface area contributed by atoms with Crippen molar-refractivity contribution in [2.24, 2.45) is 17.3 Å². The summed E-state index contributed by atoms with van der Waals surface area (Å²) in [5, 5.41) is 0. The van der Waals surface area contributed by atoms with Gasteiger partial charge >= 0.3 is 0 Å². The van der Waals surface area contributed by atoms with Crippen molar-refractivity contribution in [3.63, 3.8) is 0 Å². The molecule has 54 valence electrons. The van der Waals surface area contributed by atoms with E-state index < -0.39 is 0 Å². The normalized spacial score (nSPS) is 44.7. The first kappa shape index (κ1) is 7.11. The van der Waals surface area contributed by atoms with Crippen LogP contribution in [0.25, 0.3) is 0 Å². The van der Waals surface area contributed by atoms with Gasteiger partial charge in [-0.1, -0.05) is 34.1 Å². The Hall–Kier alpha value is 0. The van der Waals surface area contributed by atoms with Gasteiger partial charge in [0.1, 0.15) is 0 Å². The highest BCUT2D eigenvalue weighted by atomic mass is 14.5. The first-order valence-corrected chi connectivity index (χ1v) is 4.11. The molecule has 0 aromatic rings. The van der Waals surface area contributed by atoms with E-state index >= 15 is 0 Å². The van der Waals surface area contributed by atoms with Crippen molar-refractivity contribution in [3.8, 4) is 0 Å². The minimum absolute atomic E-state index is 0.717. The second-order valence-corrected chi connectivity index (χ2v) is 3.92. The van der Waals surface area contributed by atoms with Crippen molar-refractivity contribution in [1.29, 1.82) is 0 Å². The first-order valence-electron chi connectivity index (χ1n) is 4.11. The summed E-state index contributed by atoms with van der Waals surface area (Å²) in [6.45, 7) is 9.46. The van der Waals surface area contributed by atoms with E-state index in [2.05, 4.69) is 27.7 Å². The third-order valence-electron chi connectivity index (χ3n) is 3.45. The van der Waals surface area contributed by atoms with Gasteiger partial charge < -0.3 is 0 Å². The highest BCUT2D eigenvalue weighted by Gasteiger charge is 2.49. The van der Waals surface area contributed by atoms with E-state index in [0.717, 1.165) is 17.3 Å². The lowest BCUT2D eigenvalue weighted by molar-refractivity contribution is 0.328. The molecule has 0 N–H and O–H groups in total. The zero-order chi connectivity index (χ0) is 7.07. The molecule has 0 aromatic carbocycles. The van der Waals surface area contributed by atoms with Crippen LogP contribution in [0.1, 0.15) is 40.5 Å². The van der Waals surface area contributed by atoms with E-state index in [4.69, 9.17) is 0 Å². The third kappa shape index (κ3) is 0.997. The minimum Gasteiger partial charge on any atom is -0.0651 e. The Morgan fingerprint density at radius 3 is 2.22 bits per heavy atom. The fraction of sp³-hybridized carbons (Fsp3) is 1.00. The predicted molar refractivity (Wildman–Crippen MR) is 41.3 cm³/mol. The van der Waals surface area contributed by atoms with Crippen molar-refractivity contribution >= 4 is 0 Å². The Bertz CT molecular complexity index is 107. The molecule has 0 saturated heterocycles. The zero-order valence-corrected chi connectivity index (χ0v) is 7.07. The smallest absolute Gasteiger partial charge is 0.0272 e. The Morgan fingerprint density at radius 2 is 2.11 bits per heavy atom. The molecule has 1 rings (SSSR count). The Balaban J connectivity index is 2.43. The van der Waals surface area contributed by atoms with Gasteiger partial charge in [-0.3, -0.25) is 0 Å². The van der Waals surface area contributed by atoms with Gasteiger partial charge in [-0.15, -0.1) is 0 Å². The van der Waals surface area contributed by atoms with Gasteiger partial charge in [0, 0.05) is 0 Å². The lowest BCUT2D eigenvalue weighted by atomic mass is 9.89. The van der Waals surface area contributed by atoms with Crippen LogP contribution < -0.4 is 0 Å². The van der Waals surface area contributed by atoms with Gasteiger partial charge in [-0.05, 0) is 23.7 Å². The van der Waals surface area contributed by atoms with Crippen LogP contribution in [0.5, 0.6) is 0 Å². The van der Waals surface area contributed by atoms with E-state index in [0.29, 0.717) is 0 Å². The average molecular weight is 126 g/mol. The van der Waals surface area contributed by atoms with Crippen LogP contribution in [0.3, 0.4) is 0 Å². The Kier molecular flexibility index (Phi) is 1.58. The molecule has 0 nitrogen and oxygen atoms in total. The second kappa shape index (κ2) is 2.00. The monoisotopic (exact) mass is 126 g/mol. The summed E-state index contributed by atoms with van der Waals surface area (Å²) < 4.78 is 0. The molecule has 1 aliphatic rings. The molecular weight excluding hydrogens is 108 g/mol. The van der Waals surface area contributed by atoms with Crippen molar-refractivity contribution in [3.05, 3.63) is 0 Å². The molecule has 9 heavy (non-hydrogen) atoms. The van der Waals surface area contributed by atoms with Crippen LogP contribution in [0.4, 0.5) is 0 Å². The van der Waals surface area contributed by atoms with E-state index in [1.807, 2.05) is 0 Å². The summed E-state index contributed by atoms with van der Waals surface area (Å²) in [5.41, 5.74) is 0.717. The fourth-order valence-corrected chi connectivity index (χ4v) is 1.75. The molecule has 1 aliphatic carbocycles. The summed E-state index contributed by atoms with van der Waals surface area (Å²) >= 11 is 0. The topological polar surface area (TPSA) is 0 Å². The first-order chi connectivity index (χ1) is 4.11. The molecule has 0 aliphatic heterocycles. The number of hydrogen-bond acceptors (Lipinski definition) is 0. The summed E-state index contributed by atoms with van der Waals surface area (Å²) in [6.07, 6.45) is 2.81. The van der Waals surface area contributed by atoms with Crippen LogP contribution in [0.2, 0.25) is 0 Å². The molecule has 3 unspecified atom stereocenters. The third-order valence-corrected chi connectivity index (χ3v) is 3.45. The molecule has 1 saturated carbocycles. The van der Waals surface area contributed by atoms with Crippen molar-refractivity contribution in [2.45, 2.75) is 40.5 Å². The van der Waals surface area contributed by atoms with Crippen LogP contribution in [-0.2, 0) is 0 Å². The standard InChI is InChI=1S/C9H18/c1-5-7(2)9(4)6-8(9)3/h7-8H,5-6H2,1-4H3. The average Bonchev–Trinajstić information content (AvgIpc) is 2.41. The number of rotatable bonds is 2. The summed E-state index contributed by atoms with van der Waals surface area (Å²) in [6, 6.07) is 0. The molecule has 0 heterocycles.